The molecule has 0 saturated heterocycles. The van der Waals surface area contributed by atoms with Crippen molar-refractivity contribution in [2.45, 2.75) is 46.1 Å². The summed E-state index contributed by atoms with van der Waals surface area (Å²) in [6, 6.07) is 0.245. The largest absolute Gasteiger partial charge is 0.469 e. The molecule has 0 aliphatic rings. The van der Waals surface area contributed by atoms with Gasteiger partial charge >= 0.3 is 5.97 Å². The third-order valence-corrected chi connectivity index (χ3v) is 3.11. The van der Waals surface area contributed by atoms with Gasteiger partial charge in [-0.05, 0) is 26.9 Å². The molecule has 90 valence electrons. The molecule has 3 nitrogen and oxygen atoms in total. The zero-order valence-corrected chi connectivity index (χ0v) is 10.7. The second kappa shape index (κ2) is 7.69. The van der Waals surface area contributed by atoms with E-state index in [1.54, 1.807) is 0 Å². The van der Waals surface area contributed by atoms with E-state index in [0.29, 0.717) is 0 Å². The number of methoxy groups -OCH3 is 1. The maximum atomic E-state index is 11.3. The Morgan fingerprint density at radius 1 is 1.33 bits per heavy atom. The van der Waals surface area contributed by atoms with Crippen LogP contribution in [0.3, 0.4) is 0 Å². The van der Waals surface area contributed by atoms with Gasteiger partial charge in [-0.3, -0.25) is 4.79 Å². The summed E-state index contributed by atoms with van der Waals surface area (Å²) >= 11 is 0. The SMILES string of the molecule is CCCCCN(C)C(C)C(C)C(=O)OC. The zero-order valence-electron chi connectivity index (χ0n) is 10.7. The Labute approximate surface area is 93.8 Å². The van der Waals surface area contributed by atoms with Crippen molar-refractivity contribution in [1.82, 2.24) is 4.90 Å². The summed E-state index contributed by atoms with van der Waals surface area (Å²) in [4.78, 5) is 13.6. The van der Waals surface area contributed by atoms with Crippen LogP contribution in [0.5, 0.6) is 0 Å². The highest BCUT2D eigenvalue weighted by molar-refractivity contribution is 5.72. The molecule has 0 radical (unpaired) electrons. The number of unbranched alkanes of at least 4 members (excludes halogenated alkanes) is 2. The number of esters is 1. The van der Waals surface area contributed by atoms with Crippen LogP contribution in [0.25, 0.3) is 0 Å². The topological polar surface area (TPSA) is 29.5 Å². The molecule has 0 aromatic rings. The molecular formula is C12H25NO2. The molecule has 3 heteroatoms. The molecule has 0 N–H and O–H groups in total. The second-order valence-corrected chi connectivity index (χ2v) is 4.24. The van der Waals surface area contributed by atoms with Crippen molar-refractivity contribution < 1.29 is 9.53 Å². The molecule has 0 fully saturated rings. The highest BCUT2D eigenvalue weighted by Crippen LogP contribution is 2.11. The van der Waals surface area contributed by atoms with E-state index in [4.69, 9.17) is 4.74 Å². The quantitative estimate of drug-likeness (QED) is 0.482. The molecule has 2 unspecified atom stereocenters. The number of ether oxygens (including phenoxy) is 1. The van der Waals surface area contributed by atoms with E-state index in [-0.39, 0.29) is 17.9 Å². The number of hydrogen-bond acceptors (Lipinski definition) is 3. The lowest BCUT2D eigenvalue weighted by Crippen LogP contribution is -2.38. The lowest BCUT2D eigenvalue weighted by Gasteiger charge is -2.28. The van der Waals surface area contributed by atoms with Gasteiger partial charge in [0.05, 0.1) is 13.0 Å². The predicted octanol–water partition coefficient (Wildman–Crippen LogP) is 2.31. The lowest BCUT2D eigenvalue weighted by molar-refractivity contribution is -0.146. The molecule has 0 aliphatic carbocycles. The maximum absolute atomic E-state index is 11.3. The number of carbonyl (C=O) groups is 1. The van der Waals surface area contributed by atoms with Crippen LogP contribution in [0.2, 0.25) is 0 Å². The minimum Gasteiger partial charge on any atom is -0.469 e. The summed E-state index contributed by atoms with van der Waals surface area (Å²) in [5.74, 6) is -0.175. The maximum Gasteiger partial charge on any atom is 0.309 e. The molecule has 0 aromatic carbocycles. The highest BCUT2D eigenvalue weighted by Gasteiger charge is 2.23. The van der Waals surface area contributed by atoms with Crippen LogP contribution >= 0.6 is 0 Å². The van der Waals surface area contributed by atoms with Gasteiger partial charge in [0.2, 0.25) is 0 Å². The van der Waals surface area contributed by atoms with Crippen molar-refractivity contribution in [2.24, 2.45) is 5.92 Å². The summed E-state index contributed by atoms with van der Waals surface area (Å²) in [6.45, 7) is 7.25. The highest BCUT2D eigenvalue weighted by atomic mass is 16.5. The van der Waals surface area contributed by atoms with Crippen molar-refractivity contribution in [3.8, 4) is 0 Å². The van der Waals surface area contributed by atoms with Crippen LogP contribution in [0, 0.1) is 5.92 Å². The van der Waals surface area contributed by atoms with Crippen LogP contribution in [-0.4, -0.2) is 37.6 Å². The fourth-order valence-electron chi connectivity index (χ4n) is 1.58. The number of carbonyl (C=O) groups excluding carboxylic acids is 1. The summed E-state index contributed by atoms with van der Waals surface area (Å²) in [5.41, 5.74) is 0. The van der Waals surface area contributed by atoms with E-state index in [1.165, 1.54) is 26.4 Å². The van der Waals surface area contributed by atoms with E-state index in [9.17, 15) is 4.79 Å². The van der Waals surface area contributed by atoms with Gasteiger partial charge in [0.15, 0.2) is 0 Å². The van der Waals surface area contributed by atoms with Crippen molar-refractivity contribution in [2.75, 3.05) is 20.7 Å². The third-order valence-electron chi connectivity index (χ3n) is 3.11. The molecule has 15 heavy (non-hydrogen) atoms. The van der Waals surface area contributed by atoms with Gasteiger partial charge in [0, 0.05) is 6.04 Å². The minimum atomic E-state index is -0.121. The van der Waals surface area contributed by atoms with Crippen LogP contribution in [0.4, 0.5) is 0 Å². The third kappa shape index (κ3) is 5.17. The summed E-state index contributed by atoms with van der Waals surface area (Å²) in [7, 11) is 3.52. The van der Waals surface area contributed by atoms with Gasteiger partial charge in [0.25, 0.3) is 0 Å². The first-order valence-corrected chi connectivity index (χ1v) is 5.82. The van der Waals surface area contributed by atoms with Gasteiger partial charge in [-0.1, -0.05) is 26.7 Å². The average molecular weight is 215 g/mol. The number of nitrogens with zero attached hydrogens (tertiary/aromatic N) is 1. The average Bonchev–Trinajstić information content (AvgIpc) is 2.26. The lowest BCUT2D eigenvalue weighted by atomic mass is 10.0. The van der Waals surface area contributed by atoms with Crippen molar-refractivity contribution in [1.29, 1.82) is 0 Å². The number of rotatable bonds is 7. The van der Waals surface area contributed by atoms with Crippen LogP contribution in [-0.2, 0) is 9.53 Å². The monoisotopic (exact) mass is 215 g/mol. The first-order chi connectivity index (χ1) is 7.04. The molecule has 0 rings (SSSR count). The minimum absolute atomic E-state index is 0.0540. The molecule has 2 atom stereocenters. The van der Waals surface area contributed by atoms with Gasteiger partial charge in [0.1, 0.15) is 0 Å². The fourth-order valence-corrected chi connectivity index (χ4v) is 1.58. The van der Waals surface area contributed by atoms with Crippen LogP contribution < -0.4 is 0 Å². The first-order valence-electron chi connectivity index (χ1n) is 5.82. The fraction of sp³-hybridized carbons (Fsp3) is 0.917. The predicted molar refractivity (Wildman–Crippen MR) is 62.8 cm³/mol. The van der Waals surface area contributed by atoms with E-state index >= 15 is 0 Å². The smallest absolute Gasteiger partial charge is 0.309 e. The van der Waals surface area contributed by atoms with Gasteiger partial charge < -0.3 is 9.64 Å². The Hall–Kier alpha value is -0.570. The molecule has 0 spiro atoms. The van der Waals surface area contributed by atoms with Gasteiger partial charge in [-0.15, -0.1) is 0 Å². The summed E-state index contributed by atoms with van der Waals surface area (Å²) in [5, 5.41) is 0. The Bertz CT molecular complexity index is 182. The molecule has 0 aliphatic heterocycles. The zero-order chi connectivity index (χ0) is 11.8. The van der Waals surface area contributed by atoms with E-state index < -0.39 is 0 Å². The standard InChI is InChI=1S/C12H25NO2/c1-6-7-8-9-13(4)11(3)10(2)12(14)15-5/h10-11H,6-9H2,1-5H3. The van der Waals surface area contributed by atoms with E-state index in [0.717, 1.165) is 6.54 Å². The van der Waals surface area contributed by atoms with Gasteiger partial charge in [-0.25, -0.2) is 0 Å². The summed E-state index contributed by atoms with van der Waals surface area (Å²) in [6.07, 6.45) is 3.68. The van der Waals surface area contributed by atoms with Crippen LogP contribution in [0.15, 0.2) is 0 Å². The number of hydrogen-bond donors (Lipinski definition) is 0. The van der Waals surface area contributed by atoms with E-state index in [2.05, 4.69) is 25.8 Å². The molecule has 0 aromatic heterocycles. The second-order valence-electron chi connectivity index (χ2n) is 4.24. The first kappa shape index (κ1) is 14.4. The van der Waals surface area contributed by atoms with Gasteiger partial charge in [-0.2, -0.15) is 0 Å². The molecule has 0 bridgehead atoms. The normalized spacial score (nSPS) is 15.1. The Kier molecular flexibility index (Phi) is 7.39. The Morgan fingerprint density at radius 2 is 1.93 bits per heavy atom. The molecule has 0 heterocycles. The van der Waals surface area contributed by atoms with Crippen molar-refractivity contribution in [3.63, 3.8) is 0 Å². The molecule has 0 amide bonds. The van der Waals surface area contributed by atoms with Crippen molar-refractivity contribution in [3.05, 3.63) is 0 Å². The van der Waals surface area contributed by atoms with E-state index in [1.807, 2.05) is 6.92 Å². The van der Waals surface area contributed by atoms with Crippen LogP contribution in [0.1, 0.15) is 40.0 Å². The van der Waals surface area contributed by atoms with Crippen molar-refractivity contribution >= 4 is 5.97 Å². The Balaban J connectivity index is 3.95. The Morgan fingerprint density at radius 3 is 2.40 bits per heavy atom. The summed E-state index contributed by atoms with van der Waals surface area (Å²) < 4.78 is 4.74. The molecular weight excluding hydrogens is 190 g/mol. The molecule has 0 saturated carbocycles.